The van der Waals surface area contributed by atoms with Gasteiger partial charge in [0, 0.05) is 23.0 Å². The van der Waals surface area contributed by atoms with Crippen LogP contribution in [-0.2, 0) is 0 Å². The minimum atomic E-state index is 0.0394. The molecule has 0 radical (unpaired) electrons. The third kappa shape index (κ3) is 5.70. The van der Waals surface area contributed by atoms with Crippen LogP contribution in [0.2, 0.25) is 0 Å². The minimum absolute atomic E-state index is 0.0394. The van der Waals surface area contributed by atoms with Crippen molar-refractivity contribution < 1.29 is 0 Å². The van der Waals surface area contributed by atoms with Crippen molar-refractivity contribution in [1.82, 2.24) is 0 Å². The molecule has 1 unspecified atom stereocenters. The first-order valence-corrected chi connectivity index (χ1v) is 17.3. The quantitative estimate of drug-likeness (QED) is 0.157. The standard InChI is InChI=1S/C49H35N/c1-3-17-46(18-4-1)50(47-19-5-2-6-20-47)48-21-11-16-43(34-48)49(44-28-23-36-13-8-10-15-38(36)32-44)45-29-27-41-31-40(25-26-42(41)33-45)39-24-22-35-12-7-9-14-37(35)30-39/h1-34,49H. The number of fused-ring (bicyclic) bond motifs is 3. The molecule has 0 bridgehead atoms. The van der Waals surface area contributed by atoms with Gasteiger partial charge in [-0.3, -0.25) is 0 Å². The van der Waals surface area contributed by atoms with E-state index < -0.39 is 0 Å². The molecular weight excluding hydrogens is 603 g/mol. The highest BCUT2D eigenvalue weighted by atomic mass is 15.1. The maximum absolute atomic E-state index is 2.39. The van der Waals surface area contributed by atoms with Gasteiger partial charge < -0.3 is 4.90 Å². The Balaban J connectivity index is 1.17. The first-order valence-electron chi connectivity index (χ1n) is 17.3. The van der Waals surface area contributed by atoms with Crippen molar-refractivity contribution in [3.63, 3.8) is 0 Å². The molecule has 0 heterocycles. The van der Waals surface area contributed by atoms with E-state index in [-0.39, 0.29) is 5.92 Å². The molecule has 0 aliphatic carbocycles. The van der Waals surface area contributed by atoms with Crippen molar-refractivity contribution in [2.24, 2.45) is 0 Å². The Kier molecular flexibility index (Phi) is 7.64. The Labute approximate surface area is 293 Å². The van der Waals surface area contributed by atoms with Crippen molar-refractivity contribution in [2.45, 2.75) is 5.92 Å². The SMILES string of the molecule is c1ccc(N(c2ccccc2)c2cccc(C(c3ccc4ccccc4c3)c3ccc4cc(-c5ccc6ccccc6c5)ccc4c3)c2)cc1. The summed E-state index contributed by atoms with van der Waals surface area (Å²) in [4.78, 5) is 2.34. The molecule has 0 saturated heterocycles. The summed E-state index contributed by atoms with van der Waals surface area (Å²) in [5.41, 5.74) is 9.66. The second-order valence-electron chi connectivity index (χ2n) is 13.0. The molecular formula is C49H35N. The Morgan fingerprint density at radius 2 is 0.660 bits per heavy atom. The zero-order valence-corrected chi connectivity index (χ0v) is 27.7. The molecule has 0 N–H and O–H groups in total. The van der Waals surface area contributed by atoms with Crippen LogP contribution in [-0.4, -0.2) is 0 Å². The number of nitrogens with zero attached hydrogens (tertiary/aromatic N) is 1. The molecule has 0 aromatic heterocycles. The van der Waals surface area contributed by atoms with Crippen molar-refractivity contribution in [2.75, 3.05) is 4.90 Å². The molecule has 236 valence electrons. The van der Waals surface area contributed by atoms with E-state index in [1.807, 2.05) is 0 Å². The van der Waals surface area contributed by atoms with Crippen molar-refractivity contribution in [1.29, 1.82) is 0 Å². The van der Waals surface area contributed by atoms with E-state index in [0.29, 0.717) is 0 Å². The lowest BCUT2D eigenvalue weighted by Crippen LogP contribution is -2.11. The normalized spacial score (nSPS) is 11.9. The van der Waals surface area contributed by atoms with Gasteiger partial charge in [0.2, 0.25) is 0 Å². The van der Waals surface area contributed by atoms with Gasteiger partial charge in [-0.15, -0.1) is 0 Å². The Bertz CT molecular complexity index is 2570. The topological polar surface area (TPSA) is 3.24 Å². The molecule has 1 nitrogen and oxygen atoms in total. The third-order valence-electron chi connectivity index (χ3n) is 9.88. The monoisotopic (exact) mass is 637 g/mol. The molecule has 50 heavy (non-hydrogen) atoms. The second kappa shape index (κ2) is 12.9. The van der Waals surface area contributed by atoms with Crippen LogP contribution < -0.4 is 4.90 Å². The zero-order valence-electron chi connectivity index (χ0n) is 27.7. The average molecular weight is 638 g/mol. The summed E-state index contributed by atoms with van der Waals surface area (Å²) in [7, 11) is 0. The lowest BCUT2D eigenvalue weighted by Gasteiger charge is -2.27. The van der Waals surface area contributed by atoms with Gasteiger partial charge in [0.25, 0.3) is 0 Å². The molecule has 9 aromatic rings. The molecule has 1 heteroatoms. The summed E-state index contributed by atoms with van der Waals surface area (Å²) in [5, 5.41) is 7.51. The molecule has 0 aliphatic heterocycles. The largest absolute Gasteiger partial charge is 0.310 e. The summed E-state index contributed by atoms with van der Waals surface area (Å²) in [6.07, 6.45) is 0. The van der Waals surface area contributed by atoms with Gasteiger partial charge in [0.15, 0.2) is 0 Å². The number of benzene rings is 9. The van der Waals surface area contributed by atoms with Crippen LogP contribution in [0.5, 0.6) is 0 Å². The second-order valence-corrected chi connectivity index (χ2v) is 13.0. The van der Waals surface area contributed by atoms with Crippen LogP contribution in [0.25, 0.3) is 43.4 Å². The van der Waals surface area contributed by atoms with Gasteiger partial charge in [-0.2, -0.15) is 0 Å². The first kappa shape index (κ1) is 29.7. The summed E-state index contributed by atoms with van der Waals surface area (Å²) in [6, 6.07) is 75.1. The molecule has 0 spiro atoms. The number of hydrogen-bond donors (Lipinski definition) is 0. The van der Waals surface area contributed by atoms with E-state index in [9.17, 15) is 0 Å². The van der Waals surface area contributed by atoms with E-state index in [1.54, 1.807) is 0 Å². The number of rotatable bonds is 7. The van der Waals surface area contributed by atoms with Crippen molar-refractivity contribution in [3.05, 3.63) is 223 Å². The smallest absolute Gasteiger partial charge is 0.0464 e. The van der Waals surface area contributed by atoms with Gasteiger partial charge in [-0.25, -0.2) is 0 Å². The Morgan fingerprint density at radius 1 is 0.260 bits per heavy atom. The fourth-order valence-corrected chi connectivity index (χ4v) is 7.40. The summed E-state index contributed by atoms with van der Waals surface area (Å²) in [5.74, 6) is 0.0394. The van der Waals surface area contributed by atoms with Crippen LogP contribution in [0.1, 0.15) is 22.6 Å². The molecule has 0 fully saturated rings. The third-order valence-corrected chi connectivity index (χ3v) is 9.88. The van der Waals surface area contributed by atoms with Crippen molar-refractivity contribution in [3.8, 4) is 11.1 Å². The molecule has 0 saturated carbocycles. The fraction of sp³-hybridized carbons (Fsp3) is 0.0204. The highest BCUT2D eigenvalue weighted by Gasteiger charge is 2.20. The van der Waals surface area contributed by atoms with Gasteiger partial charge >= 0.3 is 0 Å². The van der Waals surface area contributed by atoms with Crippen molar-refractivity contribution >= 4 is 49.4 Å². The lowest BCUT2D eigenvalue weighted by atomic mass is 9.83. The summed E-state index contributed by atoms with van der Waals surface area (Å²) >= 11 is 0. The highest BCUT2D eigenvalue weighted by molar-refractivity contribution is 5.92. The van der Waals surface area contributed by atoms with Crippen LogP contribution in [0.3, 0.4) is 0 Å². The van der Waals surface area contributed by atoms with Gasteiger partial charge in [0.05, 0.1) is 0 Å². The average Bonchev–Trinajstić information content (AvgIpc) is 3.19. The molecule has 0 aliphatic rings. The predicted molar refractivity (Wildman–Crippen MR) is 213 cm³/mol. The number of anilines is 3. The van der Waals surface area contributed by atoms with E-state index >= 15 is 0 Å². The number of para-hydroxylation sites is 2. The Morgan fingerprint density at radius 3 is 1.26 bits per heavy atom. The van der Waals surface area contributed by atoms with Crippen LogP contribution in [0, 0.1) is 0 Å². The fourth-order valence-electron chi connectivity index (χ4n) is 7.40. The van der Waals surface area contributed by atoms with E-state index in [0.717, 1.165) is 17.1 Å². The van der Waals surface area contributed by atoms with Gasteiger partial charge in [-0.1, -0.05) is 158 Å². The minimum Gasteiger partial charge on any atom is -0.310 e. The van der Waals surface area contributed by atoms with E-state index in [1.165, 1.54) is 60.1 Å². The van der Waals surface area contributed by atoms with Gasteiger partial charge in [-0.05, 0) is 109 Å². The van der Waals surface area contributed by atoms with Crippen LogP contribution in [0.15, 0.2) is 206 Å². The highest BCUT2D eigenvalue weighted by Crippen LogP contribution is 2.40. The predicted octanol–water partition coefficient (Wildman–Crippen LogP) is 13.5. The first-order chi connectivity index (χ1) is 24.8. The molecule has 9 aromatic carbocycles. The Hall–Kier alpha value is -6.44. The molecule has 0 amide bonds. The van der Waals surface area contributed by atoms with Crippen LogP contribution >= 0.6 is 0 Å². The maximum Gasteiger partial charge on any atom is 0.0464 e. The van der Waals surface area contributed by atoms with Gasteiger partial charge in [0.1, 0.15) is 0 Å². The molecule has 9 rings (SSSR count). The summed E-state index contributed by atoms with van der Waals surface area (Å²) in [6.45, 7) is 0. The zero-order chi connectivity index (χ0) is 33.3. The summed E-state index contributed by atoms with van der Waals surface area (Å²) < 4.78 is 0. The lowest BCUT2D eigenvalue weighted by molar-refractivity contribution is 0.982. The maximum atomic E-state index is 2.39. The van der Waals surface area contributed by atoms with Crippen LogP contribution in [0.4, 0.5) is 17.1 Å². The molecule has 1 atom stereocenters. The van der Waals surface area contributed by atoms with E-state index in [2.05, 4.69) is 211 Å². The number of hydrogen-bond acceptors (Lipinski definition) is 1. The van der Waals surface area contributed by atoms with E-state index in [4.69, 9.17) is 0 Å².